The van der Waals surface area contributed by atoms with Crippen LogP contribution in [0.15, 0.2) is 12.2 Å². The van der Waals surface area contributed by atoms with Crippen LogP contribution in [-0.2, 0) is 4.74 Å². The largest absolute Gasteiger partial charge is 0.376 e. The Morgan fingerprint density at radius 2 is 1.90 bits per heavy atom. The molecule has 1 atom stereocenters. The molecule has 0 amide bonds. The molecule has 1 aliphatic rings. The predicted molar refractivity (Wildman–Crippen MR) is 91.4 cm³/mol. The lowest BCUT2D eigenvalue weighted by atomic mass is 9.68. The predicted octanol–water partition coefficient (Wildman–Crippen LogP) is 3.35. The van der Waals surface area contributed by atoms with Gasteiger partial charge >= 0.3 is 0 Å². The van der Waals surface area contributed by atoms with Crippen LogP contribution >= 0.6 is 0 Å². The number of nitrogens with two attached hydrogens (primary N) is 1. The van der Waals surface area contributed by atoms with Gasteiger partial charge in [-0.05, 0) is 49.9 Å². The first-order chi connectivity index (χ1) is 9.84. The van der Waals surface area contributed by atoms with Gasteiger partial charge in [-0.2, -0.15) is 0 Å². The van der Waals surface area contributed by atoms with Crippen molar-refractivity contribution in [2.75, 3.05) is 26.3 Å². The summed E-state index contributed by atoms with van der Waals surface area (Å²) in [6.07, 6.45) is 5.31. The smallest absolute Gasteiger partial charge is 0.0672 e. The van der Waals surface area contributed by atoms with Crippen molar-refractivity contribution in [3.63, 3.8) is 0 Å². The molecule has 0 aromatic heterocycles. The molecular formula is C18H36N2O. The minimum Gasteiger partial charge on any atom is -0.376 e. The number of ether oxygens (including phenoxy) is 1. The average Bonchev–Trinajstić information content (AvgIpc) is 2.42. The molecule has 1 unspecified atom stereocenters. The van der Waals surface area contributed by atoms with Crippen molar-refractivity contribution in [1.29, 1.82) is 0 Å². The molecule has 0 radical (unpaired) electrons. The van der Waals surface area contributed by atoms with E-state index >= 15 is 0 Å². The van der Waals surface area contributed by atoms with E-state index < -0.39 is 0 Å². The molecule has 1 rings (SSSR count). The minimum atomic E-state index is 0.444. The maximum absolute atomic E-state index is 5.97. The second-order valence-electron chi connectivity index (χ2n) is 7.78. The van der Waals surface area contributed by atoms with E-state index in [-0.39, 0.29) is 0 Å². The van der Waals surface area contributed by atoms with E-state index in [0.717, 1.165) is 37.1 Å². The summed E-state index contributed by atoms with van der Waals surface area (Å²) < 4.78 is 5.54. The Morgan fingerprint density at radius 3 is 2.38 bits per heavy atom. The van der Waals surface area contributed by atoms with E-state index in [2.05, 4.69) is 32.7 Å². The van der Waals surface area contributed by atoms with E-state index in [4.69, 9.17) is 10.5 Å². The van der Waals surface area contributed by atoms with Crippen molar-refractivity contribution < 1.29 is 4.74 Å². The van der Waals surface area contributed by atoms with Crippen LogP contribution in [0.4, 0.5) is 0 Å². The summed E-state index contributed by atoms with van der Waals surface area (Å²) in [6.45, 7) is 15.9. The highest BCUT2D eigenvalue weighted by atomic mass is 16.5. The van der Waals surface area contributed by atoms with Crippen LogP contribution < -0.4 is 11.1 Å². The molecule has 21 heavy (non-hydrogen) atoms. The van der Waals surface area contributed by atoms with Gasteiger partial charge in [0.05, 0.1) is 13.2 Å². The standard InChI is InChI=1S/C18H36N2O/c1-14(2)13-21-11-10-20-17(12-19)15-6-8-16(9-7-15)18(3,4)5/h15-17,20H,1,6-13,19H2,2-5H3. The summed E-state index contributed by atoms with van der Waals surface area (Å²) >= 11 is 0. The second-order valence-corrected chi connectivity index (χ2v) is 7.78. The highest BCUT2D eigenvalue weighted by Gasteiger charge is 2.32. The molecule has 0 aliphatic heterocycles. The average molecular weight is 296 g/mol. The Bertz CT molecular complexity index is 301. The number of hydrogen-bond acceptors (Lipinski definition) is 3. The van der Waals surface area contributed by atoms with Gasteiger partial charge in [0.1, 0.15) is 0 Å². The molecule has 3 heteroatoms. The van der Waals surface area contributed by atoms with E-state index in [9.17, 15) is 0 Å². The molecule has 0 spiro atoms. The molecule has 1 fully saturated rings. The molecule has 3 nitrogen and oxygen atoms in total. The van der Waals surface area contributed by atoms with Gasteiger partial charge in [0.2, 0.25) is 0 Å². The first-order valence-electron chi connectivity index (χ1n) is 8.50. The van der Waals surface area contributed by atoms with Gasteiger partial charge < -0.3 is 15.8 Å². The lowest BCUT2D eigenvalue weighted by molar-refractivity contribution is 0.124. The molecule has 0 heterocycles. The van der Waals surface area contributed by atoms with Crippen molar-refractivity contribution in [2.45, 2.75) is 59.4 Å². The van der Waals surface area contributed by atoms with Gasteiger partial charge in [-0.15, -0.1) is 0 Å². The number of rotatable bonds is 8. The van der Waals surface area contributed by atoms with Crippen LogP contribution in [-0.4, -0.2) is 32.3 Å². The third-order valence-electron chi connectivity index (χ3n) is 4.82. The maximum atomic E-state index is 5.97. The van der Waals surface area contributed by atoms with E-state index in [1.807, 2.05) is 6.92 Å². The van der Waals surface area contributed by atoms with Crippen molar-refractivity contribution in [2.24, 2.45) is 23.0 Å². The van der Waals surface area contributed by atoms with Crippen molar-refractivity contribution in [3.05, 3.63) is 12.2 Å². The second kappa shape index (κ2) is 8.92. The van der Waals surface area contributed by atoms with Crippen molar-refractivity contribution >= 4 is 0 Å². The van der Waals surface area contributed by atoms with E-state index in [1.165, 1.54) is 25.7 Å². The highest BCUT2D eigenvalue weighted by molar-refractivity contribution is 4.88. The van der Waals surface area contributed by atoms with Crippen molar-refractivity contribution in [3.8, 4) is 0 Å². The summed E-state index contributed by atoms with van der Waals surface area (Å²) in [7, 11) is 0. The first kappa shape index (κ1) is 18.7. The molecule has 1 saturated carbocycles. The summed E-state index contributed by atoms with van der Waals surface area (Å²) in [5, 5.41) is 3.59. The van der Waals surface area contributed by atoms with Crippen LogP contribution in [0.3, 0.4) is 0 Å². The molecule has 0 aromatic rings. The molecule has 124 valence electrons. The Hall–Kier alpha value is -0.380. The zero-order valence-corrected chi connectivity index (χ0v) is 14.6. The van der Waals surface area contributed by atoms with Gasteiger partial charge in [-0.1, -0.05) is 32.9 Å². The quantitative estimate of drug-likeness (QED) is 0.533. The SMILES string of the molecule is C=C(C)COCCNC(CN)C1CCC(C(C)(C)C)CC1. The van der Waals surface area contributed by atoms with Gasteiger partial charge in [0.25, 0.3) is 0 Å². The van der Waals surface area contributed by atoms with Crippen molar-refractivity contribution in [1.82, 2.24) is 5.32 Å². The molecule has 0 saturated heterocycles. The summed E-state index contributed by atoms with van der Waals surface area (Å²) in [4.78, 5) is 0. The minimum absolute atomic E-state index is 0.444. The molecule has 1 aliphatic carbocycles. The topological polar surface area (TPSA) is 47.3 Å². The number of hydrogen-bond donors (Lipinski definition) is 2. The third kappa shape index (κ3) is 6.94. The van der Waals surface area contributed by atoms with E-state index in [1.54, 1.807) is 0 Å². The summed E-state index contributed by atoms with van der Waals surface area (Å²) in [6, 6.07) is 0.444. The van der Waals surface area contributed by atoms with Crippen LogP contribution in [0.5, 0.6) is 0 Å². The summed E-state index contributed by atoms with van der Waals surface area (Å²) in [5.74, 6) is 1.60. The Labute approximate surface area is 131 Å². The fraction of sp³-hybridized carbons (Fsp3) is 0.889. The van der Waals surface area contributed by atoms with Crippen LogP contribution in [0, 0.1) is 17.3 Å². The van der Waals surface area contributed by atoms with E-state index in [0.29, 0.717) is 18.1 Å². The lowest BCUT2D eigenvalue weighted by Gasteiger charge is -2.39. The maximum Gasteiger partial charge on any atom is 0.0672 e. The van der Waals surface area contributed by atoms with Gasteiger partial charge in [0, 0.05) is 19.1 Å². The zero-order chi connectivity index (χ0) is 15.9. The molecule has 3 N–H and O–H groups in total. The lowest BCUT2D eigenvalue weighted by Crippen LogP contribution is -2.45. The number of nitrogens with one attached hydrogen (secondary N) is 1. The van der Waals surface area contributed by atoms with Gasteiger partial charge in [-0.3, -0.25) is 0 Å². The zero-order valence-electron chi connectivity index (χ0n) is 14.6. The Morgan fingerprint density at radius 1 is 1.29 bits per heavy atom. The first-order valence-corrected chi connectivity index (χ1v) is 8.50. The van der Waals surface area contributed by atoms with Gasteiger partial charge in [0.15, 0.2) is 0 Å². The molecular weight excluding hydrogens is 260 g/mol. The fourth-order valence-corrected chi connectivity index (χ4v) is 3.39. The van der Waals surface area contributed by atoms with Crippen LogP contribution in [0.25, 0.3) is 0 Å². The Kier molecular flexibility index (Phi) is 7.93. The normalized spacial score (nSPS) is 24.8. The summed E-state index contributed by atoms with van der Waals surface area (Å²) in [5.41, 5.74) is 7.50. The molecule has 0 bridgehead atoms. The monoisotopic (exact) mass is 296 g/mol. The Balaban J connectivity index is 2.26. The fourth-order valence-electron chi connectivity index (χ4n) is 3.39. The van der Waals surface area contributed by atoms with Gasteiger partial charge in [-0.25, -0.2) is 0 Å². The molecule has 0 aromatic carbocycles. The van der Waals surface area contributed by atoms with Crippen LogP contribution in [0.2, 0.25) is 0 Å². The van der Waals surface area contributed by atoms with Crippen LogP contribution in [0.1, 0.15) is 53.4 Å². The third-order valence-corrected chi connectivity index (χ3v) is 4.82. The highest BCUT2D eigenvalue weighted by Crippen LogP contribution is 2.40.